The highest BCUT2D eigenvalue weighted by Crippen LogP contribution is 2.13. The minimum absolute atomic E-state index is 0.166. The summed E-state index contributed by atoms with van der Waals surface area (Å²) in [6.45, 7) is 0. The average Bonchev–Trinajstić information content (AvgIpc) is 2.83. The third-order valence-electron chi connectivity index (χ3n) is 1.66. The van der Waals surface area contributed by atoms with E-state index in [1.54, 1.807) is 0 Å². The van der Waals surface area contributed by atoms with Crippen molar-refractivity contribution in [3.63, 3.8) is 0 Å². The van der Waals surface area contributed by atoms with Crippen LogP contribution in [0.15, 0.2) is 43.3 Å². The van der Waals surface area contributed by atoms with Crippen LogP contribution in [0.5, 0.6) is 0 Å². The molecule has 0 aromatic carbocycles. The maximum absolute atomic E-state index is 10.9. The molecule has 0 atom stereocenters. The van der Waals surface area contributed by atoms with Gasteiger partial charge in [0.2, 0.25) is 0 Å². The van der Waals surface area contributed by atoms with Gasteiger partial charge in [0.1, 0.15) is 11.2 Å². The topological polar surface area (TPSA) is 104 Å². The molecule has 0 saturated heterocycles. The number of hydrogen-bond acceptors (Lipinski definition) is 6. The second-order valence-corrected chi connectivity index (χ2v) is 2.69. The van der Waals surface area contributed by atoms with Crippen molar-refractivity contribution in [2.45, 2.75) is 0 Å². The Morgan fingerprint density at radius 1 is 1.50 bits per heavy atom. The van der Waals surface area contributed by atoms with Crippen LogP contribution in [0.2, 0.25) is 0 Å². The highest BCUT2D eigenvalue weighted by molar-refractivity contribution is 5.76. The van der Waals surface area contributed by atoms with E-state index in [1.807, 2.05) is 0 Å². The summed E-state index contributed by atoms with van der Waals surface area (Å²) >= 11 is 0. The third-order valence-corrected chi connectivity index (χ3v) is 1.66. The summed E-state index contributed by atoms with van der Waals surface area (Å²) in [4.78, 5) is 20.5. The van der Waals surface area contributed by atoms with Crippen LogP contribution < -0.4 is 5.76 Å². The van der Waals surface area contributed by atoms with Gasteiger partial charge in [0.05, 0.1) is 18.5 Å². The van der Waals surface area contributed by atoms with Gasteiger partial charge in [-0.2, -0.15) is 9.78 Å². The van der Waals surface area contributed by atoms with E-state index >= 15 is 0 Å². The van der Waals surface area contributed by atoms with Crippen LogP contribution in [0.1, 0.15) is 5.76 Å². The van der Waals surface area contributed by atoms with Crippen molar-refractivity contribution in [2.75, 3.05) is 0 Å². The molecule has 2 aromatic rings. The van der Waals surface area contributed by atoms with Crippen molar-refractivity contribution in [3.8, 4) is 0 Å². The van der Waals surface area contributed by atoms with Gasteiger partial charge in [-0.1, -0.05) is 0 Å². The summed E-state index contributed by atoms with van der Waals surface area (Å²) in [5, 5.41) is 14.0. The Hall–Kier alpha value is -2.64. The first-order chi connectivity index (χ1) is 7.66. The predicted octanol–water partition coefficient (Wildman–Crippen LogP) is 0.825. The lowest BCUT2D eigenvalue weighted by molar-refractivity contribution is -0.402. The minimum atomic E-state index is -0.665. The van der Waals surface area contributed by atoms with Crippen molar-refractivity contribution in [2.24, 2.45) is 5.10 Å². The van der Waals surface area contributed by atoms with Gasteiger partial charge in [0.25, 0.3) is 0 Å². The van der Waals surface area contributed by atoms with Crippen LogP contribution in [0.25, 0.3) is 0 Å². The van der Waals surface area contributed by atoms with Gasteiger partial charge in [0.15, 0.2) is 5.76 Å². The van der Waals surface area contributed by atoms with E-state index in [9.17, 15) is 14.9 Å². The molecule has 0 bridgehead atoms. The minimum Gasteiger partial charge on any atom is -0.415 e. The van der Waals surface area contributed by atoms with Gasteiger partial charge in [0, 0.05) is 0 Å². The van der Waals surface area contributed by atoms with E-state index in [4.69, 9.17) is 4.42 Å². The molecule has 8 nitrogen and oxygen atoms in total. The first-order valence-electron chi connectivity index (χ1n) is 4.11. The van der Waals surface area contributed by atoms with Crippen molar-refractivity contribution < 1.29 is 13.8 Å². The van der Waals surface area contributed by atoms with Gasteiger partial charge >= 0.3 is 11.6 Å². The Morgan fingerprint density at radius 3 is 2.88 bits per heavy atom. The molecule has 0 fully saturated rings. The van der Waals surface area contributed by atoms with E-state index in [0.29, 0.717) is 0 Å². The molecule has 0 aliphatic heterocycles. The summed E-state index contributed by atoms with van der Waals surface area (Å²) in [6, 6.07) is 2.56. The average molecular weight is 223 g/mol. The first-order valence-corrected chi connectivity index (χ1v) is 4.11. The largest absolute Gasteiger partial charge is 0.439 e. The van der Waals surface area contributed by atoms with E-state index in [0.717, 1.165) is 4.68 Å². The molecule has 2 rings (SSSR count). The third kappa shape index (κ3) is 1.90. The molecule has 0 spiro atoms. The number of hydrogen-bond donors (Lipinski definition) is 0. The summed E-state index contributed by atoms with van der Waals surface area (Å²) in [6.07, 6.45) is 3.64. The zero-order chi connectivity index (χ0) is 11.5. The summed E-state index contributed by atoms with van der Waals surface area (Å²) in [7, 11) is 0. The lowest BCUT2D eigenvalue weighted by Gasteiger charge is -1.85. The van der Waals surface area contributed by atoms with Gasteiger partial charge in [-0.3, -0.25) is 10.1 Å². The molecule has 82 valence electrons. The quantitative estimate of drug-likeness (QED) is 0.435. The fraction of sp³-hybridized carbons (Fsp3) is 0. The maximum Gasteiger partial charge on any atom is 0.439 e. The van der Waals surface area contributed by atoms with Crippen LogP contribution in [0.3, 0.4) is 0 Å². The van der Waals surface area contributed by atoms with Crippen molar-refractivity contribution in [1.29, 1.82) is 0 Å². The van der Waals surface area contributed by atoms with Crippen LogP contribution in [-0.4, -0.2) is 15.8 Å². The predicted molar refractivity (Wildman–Crippen MR) is 51.3 cm³/mol. The number of furan rings is 1. The van der Waals surface area contributed by atoms with Crippen molar-refractivity contribution in [1.82, 2.24) is 4.68 Å². The van der Waals surface area contributed by atoms with Crippen LogP contribution in [0.4, 0.5) is 5.88 Å². The number of rotatable bonds is 3. The highest BCUT2D eigenvalue weighted by atomic mass is 16.6. The highest BCUT2D eigenvalue weighted by Gasteiger charge is 2.10. The molecule has 0 saturated carbocycles. The van der Waals surface area contributed by atoms with Crippen molar-refractivity contribution in [3.05, 3.63) is 51.0 Å². The van der Waals surface area contributed by atoms with Crippen LogP contribution in [-0.2, 0) is 0 Å². The van der Waals surface area contributed by atoms with E-state index in [2.05, 4.69) is 9.52 Å². The normalized spacial score (nSPS) is 11.0. The molecular weight excluding hydrogens is 218 g/mol. The molecule has 0 aliphatic carbocycles. The number of nitrogens with zero attached hydrogens (tertiary/aromatic N) is 3. The Kier molecular flexibility index (Phi) is 2.38. The maximum atomic E-state index is 10.9. The summed E-state index contributed by atoms with van der Waals surface area (Å²) in [5.41, 5.74) is 0. The van der Waals surface area contributed by atoms with Crippen molar-refractivity contribution >= 4 is 12.1 Å². The zero-order valence-corrected chi connectivity index (χ0v) is 7.77. The molecule has 16 heavy (non-hydrogen) atoms. The second-order valence-electron chi connectivity index (χ2n) is 2.69. The SMILES string of the molecule is O=c1occn1/N=C/c1ccc([N+](=O)[O-])o1. The van der Waals surface area contributed by atoms with Gasteiger partial charge in [-0.05, 0) is 6.07 Å². The lowest BCUT2D eigenvalue weighted by atomic mass is 10.5. The molecule has 0 unspecified atom stereocenters. The van der Waals surface area contributed by atoms with E-state index < -0.39 is 10.7 Å². The van der Waals surface area contributed by atoms with E-state index in [-0.39, 0.29) is 11.6 Å². The smallest absolute Gasteiger partial charge is 0.415 e. The van der Waals surface area contributed by atoms with Gasteiger partial charge in [-0.25, -0.2) is 4.79 Å². The zero-order valence-electron chi connectivity index (χ0n) is 7.77. The number of aromatic nitrogens is 1. The standard InChI is InChI=1S/C8H5N3O5/c12-8-10(3-4-15-8)9-5-6-1-2-7(16-6)11(13)14/h1-5H/b9-5+. The molecular formula is C8H5N3O5. The Balaban J connectivity index is 2.21. The lowest BCUT2D eigenvalue weighted by Crippen LogP contribution is -2.08. The first kappa shape index (κ1) is 9.90. The molecule has 8 heteroatoms. The molecule has 0 aliphatic rings. The molecule has 0 N–H and O–H groups in total. The number of nitro groups is 1. The molecule has 2 heterocycles. The van der Waals surface area contributed by atoms with E-state index in [1.165, 1.54) is 30.8 Å². The molecule has 0 amide bonds. The van der Waals surface area contributed by atoms with Gasteiger partial charge in [-0.15, -0.1) is 0 Å². The monoisotopic (exact) mass is 223 g/mol. The fourth-order valence-corrected chi connectivity index (χ4v) is 0.976. The summed E-state index contributed by atoms with van der Waals surface area (Å²) in [5.74, 6) is -0.877. The molecule has 0 radical (unpaired) electrons. The summed E-state index contributed by atoms with van der Waals surface area (Å²) < 4.78 is 10.2. The fourth-order valence-electron chi connectivity index (χ4n) is 0.976. The van der Waals surface area contributed by atoms with Crippen LogP contribution in [0, 0.1) is 10.1 Å². The second kappa shape index (κ2) is 3.85. The number of oxazole rings is 1. The Morgan fingerprint density at radius 2 is 2.31 bits per heavy atom. The Labute approximate surface area is 87.6 Å². The molecule has 2 aromatic heterocycles. The van der Waals surface area contributed by atoms with Crippen LogP contribution >= 0.6 is 0 Å². The van der Waals surface area contributed by atoms with Gasteiger partial charge < -0.3 is 8.83 Å². The Bertz CT molecular complexity index is 591.